The fraction of sp³-hybridized carbons (Fsp3) is 0.846. The van der Waals surface area contributed by atoms with E-state index in [1.165, 1.54) is 4.90 Å². The summed E-state index contributed by atoms with van der Waals surface area (Å²) in [7, 11) is 0. The van der Waals surface area contributed by atoms with Crippen molar-refractivity contribution in [2.24, 2.45) is 0 Å². The molecule has 0 atom stereocenters. The molecule has 2 fully saturated rings. The molecule has 4 amide bonds. The van der Waals surface area contributed by atoms with Crippen molar-refractivity contribution in [3.8, 4) is 0 Å². The predicted octanol–water partition coefficient (Wildman–Crippen LogP) is 5.57. The Morgan fingerprint density at radius 3 is 1.82 bits per heavy atom. The molecule has 2 aliphatic heterocycles. The number of carbonyl (C=O) groups is 4. The molecule has 198 valence electrons. The molecule has 2 aliphatic rings. The molecule has 0 spiro atoms. The van der Waals surface area contributed by atoms with Gasteiger partial charge in [0.1, 0.15) is 0 Å². The maximum absolute atomic E-state index is 11.8. The fourth-order valence-corrected chi connectivity index (χ4v) is 3.22. The zero-order valence-electron chi connectivity index (χ0n) is 21.6. The Labute approximate surface area is 205 Å². The number of imide groups is 1. The van der Waals surface area contributed by atoms with Gasteiger partial charge in [-0.1, -0.05) is 61.8 Å². The summed E-state index contributed by atoms with van der Waals surface area (Å²) in [5.74, 6) is 0.172. The van der Waals surface area contributed by atoms with Crippen molar-refractivity contribution in [3.63, 3.8) is 0 Å². The van der Waals surface area contributed by atoms with E-state index in [1.807, 2.05) is 46.4 Å². The highest BCUT2D eigenvalue weighted by atomic mass is 16.2. The van der Waals surface area contributed by atoms with Crippen LogP contribution in [0.2, 0.25) is 0 Å². The normalized spacial score (nSPS) is 13.8. The molecular formula is C26H55N3O4. The Bertz CT molecular complexity index is 510. The largest absolute Gasteiger partial charge is 0.356 e. The van der Waals surface area contributed by atoms with Crippen LogP contribution in [0.15, 0.2) is 0 Å². The van der Waals surface area contributed by atoms with Crippen LogP contribution >= 0.6 is 0 Å². The van der Waals surface area contributed by atoms with Gasteiger partial charge in [0.15, 0.2) is 0 Å². The minimum Gasteiger partial charge on any atom is -0.356 e. The fourth-order valence-electron chi connectivity index (χ4n) is 3.22. The second-order valence-electron chi connectivity index (χ2n) is 7.14. The first-order chi connectivity index (χ1) is 15.6. The number of unbranched alkanes of at least 4 members (excludes halogenated alkanes) is 4. The molecule has 0 aliphatic carbocycles. The Hall–Kier alpha value is -1.92. The molecule has 2 saturated heterocycles. The molecule has 2 heterocycles. The monoisotopic (exact) mass is 473 g/mol. The summed E-state index contributed by atoms with van der Waals surface area (Å²) in [6.07, 6.45) is 8.03. The summed E-state index contributed by atoms with van der Waals surface area (Å²) in [5, 5.41) is 2.91. The first-order valence-corrected chi connectivity index (χ1v) is 13.0. The number of hydrogen-bond donors (Lipinski definition) is 1. The van der Waals surface area contributed by atoms with Crippen LogP contribution in [0.3, 0.4) is 0 Å². The Morgan fingerprint density at radius 2 is 1.30 bits per heavy atom. The highest BCUT2D eigenvalue weighted by Crippen LogP contribution is 2.13. The quantitative estimate of drug-likeness (QED) is 0.297. The number of hydrogen-bond acceptors (Lipinski definition) is 4. The average Bonchev–Trinajstić information content (AvgIpc) is 3.11. The van der Waals surface area contributed by atoms with Gasteiger partial charge >= 0.3 is 0 Å². The summed E-state index contributed by atoms with van der Waals surface area (Å²) in [6, 6.07) is 0. The summed E-state index contributed by atoms with van der Waals surface area (Å²) in [6.45, 7) is 15.0. The van der Waals surface area contributed by atoms with E-state index >= 15 is 0 Å². The molecular weight excluding hydrogens is 418 g/mol. The van der Waals surface area contributed by atoms with Crippen molar-refractivity contribution in [1.29, 1.82) is 0 Å². The zero-order valence-corrected chi connectivity index (χ0v) is 21.6. The van der Waals surface area contributed by atoms with Crippen LogP contribution in [0.4, 0.5) is 0 Å². The Morgan fingerprint density at radius 1 is 0.788 bits per heavy atom. The van der Waals surface area contributed by atoms with Gasteiger partial charge in [0.25, 0.3) is 0 Å². The smallest absolute Gasteiger partial charge is 0.229 e. The van der Waals surface area contributed by atoms with E-state index in [4.69, 9.17) is 0 Å². The van der Waals surface area contributed by atoms with Crippen molar-refractivity contribution >= 4 is 23.6 Å². The molecule has 2 rings (SSSR count). The van der Waals surface area contributed by atoms with Crippen LogP contribution in [0.1, 0.15) is 121 Å². The van der Waals surface area contributed by atoms with Crippen molar-refractivity contribution in [3.05, 3.63) is 0 Å². The van der Waals surface area contributed by atoms with Crippen molar-refractivity contribution in [1.82, 2.24) is 15.1 Å². The molecule has 0 bridgehead atoms. The lowest BCUT2D eigenvalue weighted by atomic mass is 10.1. The van der Waals surface area contributed by atoms with Gasteiger partial charge in [0.05, 0.1) is 0 Å². The van der Waals surface area contributed by atoms with E-state index in [1.54, 1.807) is 0 Å². The van der Waals surface area contributed by atoms with Crippen LogP contribution in [0, 0.1) is 0 Å². The lowest BCUT2D eigenvalue weighted by molar-refractivity contribution is -0.138. The van der Waals surface area contributed by atoms with Gasteiger partial charge in [-0.3, -0.25) is 24.1 Å². The molecule has 7 nitrogen and oxygen atoms in total. The molecule has 0 aromatic carbocycles. The van der Waals surface area contributed by atoms with Crippen LogP contribution in [0.5, 0.6) is 0 Å². The molecule has 7 heteroatoms. The highest BCUT2D eigenvalue weighted by Gasteiger charge is 2.27. The van der Waals surface area contributed by atoms with Gasteiger partial charge in [0.2, 0.25) is 23.6 Å². The van der Waals surface area contributed by atoms with Gasteiger partial charge in [0, 0.05) is 53.3 Å². The van der Waals surface area contributed by atoms with Gasteiger partial charge in [-0.05, 0) is 32.1 Å². The summed E-state index contributed by atoms with van der Waals surface area (Å²) >= 11 is 0. The van der Waals surface area contributed by atoms with Crippen LogP contribution in [-0.4, -0.2) is 59.6 Å². The second kappa shape index (κ2) is 24.7. The topological polar surface area (TPSA) is 86.8 Å². The number of likely N-dealkylation sites (tertiary alicyclic amines) is 2. The van der Waals surface area contributed by atoms with Crippen molar-refractivity contribution in [2.75, 3.05) is 26.2 Å². The molecule has 0 saturated carbocycles. The molecule has 0 aromatic heterocycles. The van der Waals surface area contributed by atoms with E-state index in [0.717, 1.165) is 58.0 Å². The van der Waals surface area contributed by atoms with Crippen LogP contribution in [0.25, 0.3) is 0 Å². The second-order valence-corrected chi connectivity index (χ2v) is 7.14. The van der Waals surface area contributed by atoms with E-state index < -0.39 is 0 Å². The predicted molar refractivity (Wildman–Crippen MR) is 140 cm³/mol. The van der Waals surface area contributed by atoms with Crippen LogP contribution in [-0.2, 0) is 19.2 Å². The summed E-state index contributed by atoms with van der Waals surface area (Å²) in [4.78, 5) is 49.6. The average molecular weight is 474 g/mol. The van der Waals surface area contributed by atoms with E-state index in [9.17, 15) is 19.2 Å². The number of rotatable bonds is 12. The van der Waals surface area contributed by atoms with Crippen molar-refractivity contribution in [2.45, 2.75) is 120 Å². The third kappa shape index (κ3) is 16.4. The Balaban J connectivity index is -0.000000520. The maximum Gasteiger partial charge on any atom is 0.229 e. The number of amides is 4. The molecule has 0 aromatic rings. The standard InChI is InChI=1S/C19H31N3O4.3C2H6.CH4.H2/c23-16(8-3-2-6-15-22-18(25)10-11-19(22)26)20-12-5-1-4-9-17(24)21-13-7-14-21;3*1-2;;/h1-15H2,(H,20,23);3*1-2H3;1H4;1H. The summed E-state index contributed by atoms with van der Waals surface area (Å²) < 4.78 is 0. The molecule has 33 heavy (non-hydrogen) atoms. The minimum atomic E-state index is -0.0701. The van der Waals surface area contributed by atoms with Crippen molar-refractivity contribution < 1.29 is 20.6 Å². The van der Waals surface area contributed by atoms with Gasteiger partial charge in [-0.15, -0.1) is 0 Å². The summed E-state index contributed by atoms with van der Waals surface area (Å²) in [5.41, 5.74) is 0. The maximum atomic E-state index is 11.8. The van der Waals surface area contributed by atoms with E-state index in [-0.39, 0.29) is 32.5 Å². The van der Waals surface area contributed by atoms with E-state index in [0.29, 0.717) is 38.8 Å². The Kier molecular flexibility index (Phi) is 26.7. The SMILES string of the molecule is C.CC.CC.CC.O=C(CCCCCN1C(=O)CCC1=O)NCCCCCC(=O)N1CCC1.[HH]. The molecule has 1 N–H and O–H groups in total. The molecule has 0 unspecified atom stereocenters. The van der Waals surface area contributed by atoms with Gasteiger partial charge in [-0.2, -0.15) is 0 Å². The minimum absolute atomic E-state index is 0. The first-order valence-electron chi connectivity index (χ1n) is 13.0. The van der Waals surface area contributed by atoms with Gasteiger partial charge in [-0.25, -0.2) is 0 Å². The van der Waals surface area contributed by atoms with Gasteiger partial charge < -0.3 is 10.2 Å². The lowest BCUT2D eigenvalue weighted by Gasteiger charge is -2.30. The third-order valence-electron chi connectivity index (χ3n) is 5.04. The first kappa shape index (κ1) is 35.7. The zero-order chi connectivity index (χ0) is 24.8. The number of carbonyl (C=O) groups excluding carboxylic acids is 4. The highest BCUT2D eigenvalue weighted by molar-refractivity contribution is 6.01. The van der Waals surface area contributed by atoms with E-state index in [2.05, 4.69) is 5.32 Å². The third-order valence-corrected chi connectivity index (χ3v) is 5.04. The molecule has 0 radical (unpaired) electrons. The lowest BCUT2D eigenvalue weighted by Crippen LogP contribution is -2.41. The number of nitrogens with zero attached hydrogens (tertiary/aromatic N) is 2. The number of nitrogens with one attached hydrogen (secondary N) is 1. The van der Waals surface area contributed by atoms with Crippen LogP contribution < -0.4 is 5.32 Å².